The van der Waals surface area contributed by atoms with Crippen molar-refractivity contribution >= 4 is 40.6 Å². The largest absolute Gasteiger partial charge is 0.490 e. The Morgan fingerprint density at radius 3 is 2.45 bits per heavy atom. The molecule has 11 heteroatoms. The summed E-state index contributed by atoms with van der Waals surface area (Å²) in [6.07, 6.45) is 2.49. The third-order valence-corrected chi connectivity index (χ3v) is 9.75. The molecule has 47 heavy (non-hydrogen) atoms. The Balaban J connectivity index is 1.13. The number of amides is 2. The zero-order valence-electron chi connectivity index (χ0n) is 26.4. The van der Waals surface area contributed by atoms with Gasteiger partial charge >= 0.3 is 0 Å². The van der Waals surface area contributed by atoms with E-state index >= 15 is 0 Å². The fourth-order valence-electron chi connectivity index (χ4n) is 6.63. The van der Waals surface area contributed by atoms with Crippen LogP contribution < -0.4 is 24.3 Å². The van der Waals surface area contributed by atoms with Gasteiger partial charge in [-0.15, -0.1) is 0 Å². The number of hydrogen-bond donors (Lipinski definition) is 1. The molecule has 7 rings (SSSR count). The first-order chi connectivity index (χ1) is 22.7. The fourth-order valence-corrected chi connectivity index (χ4v) is 7.07. The molecule has 0 spiro atoms. The molecular weight excluding hydrogens is 641 g/mol. The van der Waals surface area contributed by atoms with E-state index in [1.807, 2.05) is 59.2 Å². The van der Waals surface area contributed by atoms with Crippen LogP contribution in [0.2, 0.25) is 10.0 Å². The summed E-state index contributed by atoms with van der Waals surface area (Å²) in [4.78, 5) is 30.9. The van der Waals surface area contributed by atoms with Gasteiger partial charge in [0.2, 0.25) is 12.7 Å². The van der Waals surface area contributed by atoms with Gasteiger partial charge in [-0.1, -0.05) is 35.3 Å². The highest BCUT2D eigenvalue weighted by molar-refractivity contribution is 6.31. The second-order valence-electron chi connectivity index (χ2n) is 12.5. The fraction of sp³-hybridized carbons (Fsp3) is 0.389. The van der Waals surface area contributed by atoms with Crippen LogP contribution in [0.1, 0.15) is 42.9 Å². The van der Waals surface area contributed by atoms with Crippen LogP contribution in [0.3, 0.4) is 0 Å². The number of rotatable bonds is 10. The molecule has 1 saturated heterocycles. The lowest BCUT2D eigenvalue weighted by Gasteiger charge is -2.44. The van der Waals surface area contributed by atoms with E-state index in [0.29, 0.717) is 72.1 Å². The third kappa shape index (κ3) is 6.89. The minimum Gasteiger partial charge on any atom is -0.490 e. The van der Waals surface area contributed by atoms with Gasteiger partial charge in [-0.3, -0.25) is 9.59 Å². The van der Waals surface area contributed by atoms with E-state index in [4.69, 9.17) is 42.1 Å². The maximum absolute atomic E-state index is 14.7. The van der Waals surface area contributed by atoms with Crippen LogP contribution in [0.5, 0.6) is 23.0 Å². The van der Waals surface area contributed by atoms with Crippen molar-refractivity contribution in [1.82, 2.24) is 15.1 Å². The van der Waals surface area contributed by atoms with Gasteiger partial charge in [0.25, 0.3) is 5.91 Å². The first kappa shape index (κ1) is 31.7. The zero-order valence-corrected chi connectivity index (χ0v) is 27.9. The Labute approximate surface area is 284 Å². The molecule has 4 aliphatic rings. The molecule has 0 aromatic heterocycles. The molecule has 1 saturated carbocycles. The molecule has 2 atom stereocenters. The zero-order chi connectivity index (χ0) is 32.7. The molecule has 3 aliphatic heterocycles. The number of carbonyl (C=O) groups is 2. The molecule has 3 aromatic carbocycles. The summed E-state index contributed by atoms with van der Waals surface area (Å²) in [6.45, 7) is 5.86. The van der Waals surface area contributed by atoms with Gasteiger partial charge in [0, 0.05) is 60.3 Å². The highest BCUT2D eigenvalue weighted by Gasteiger charge is 2.43. The van der Waals surface area contributed by atoms with E-state index in [9.17, 15) is 9.59 Å². The number of ether oxygens (including phenoxy) is 4. The molecule has 0 unspecified atom stereocenters. The summed E-state index contributed by atoms with van der Waals surface area (Å²) >= 11 is 12.7. The third-order valence-electron chi connectivity index (χ3n) is 9.16. The average molecular weight is 679 g/mol. The lowest BCUT2D eigenvalue weighted by atomic mass is 9.82. The number of nitrogens with one attached hydrogen (secondary N) is 1. The van der Waals surface area contributed by atoms with Gasteiger partial charge in [-0.25, -0.2) is 0 Å². The molecule has 1 N–H and O–H groups in total. The predicted molar refractivity (Wildman–Crippen MR) is 179 cm³/mol. The van der Waals surface area contributed by atoms with E-state index < -0.39 is 0 Å². The van der Waals surface area contributed by atoms with Crippen LogP contribution >= 0.6 is 23.2 Å². The van der Waals surface area contributed by atoms with Crippen molar-refractivity contribution in [1.29, 1.82) is 0 Å². The molecule has 246 valence electrons. The predicted octanol–water partition coefficient (Wildman–Crippen LogP) is 6.03. The normalized spacial score (nSPS) is 19.9. The summed E-state index contributed by atoms with van der Waals surface area (Å²) in [5.41, 5.74) is 4.46. The first-order valence-corrected chi connectivity index (χ1v) is 16.7. The monoisotopic (exact) mass is 677 g/mol. The standard InChI is InChI=1S/C36H37Cl2N3O6/c1-21-13-25(37)5-10-32(21)45-12-11-44-28-8-3-23(4-9-28)29-15-26-18-40(22(2)42)19-31(39-26)35(29)36(43)41(27-6-7-27)17-24-14-33-34(16-30(24)38)47-20-46-33/h3-5,8-10,13-14,16,26-27,31,39H,6-7,11-12,15,17-20H2,1-2H3/t26-,31-/m1/s1. The molecule has 2 bridgehead atoms. The van der Waals surface area contributed by atoms with Crippen LogP contribution in [0.4, 0.5) is 0 Å². The maximum atomic E-state index is 14.7. The summed E-state index contributed by atoms with van der Waals surface area (Å²) < 4.78 is 22.9. The topological polar surface area (TPSA) is 89.6 Å². The van der Waals surface area contributed by atoms with Crippen molar-refractivity contribution in [2.75, 3.05) is 33.1 Å². The van der Waals surface area contributed by atoms with Crippen molar-refractivity contribution in [3.63, 3.8) is 0 Å². The van der Waals surface area contributed by atoms with Crippen molar-refractivity contribution in [2.45, 2.75) is 57.8 Å². The molecule has 0 radical (unpaired) electrons. The second-order valence-corrected chi connectivity index (χ2v) is 13.4. The number of fused-ring (bicyclic) bond motifs is 3. The molecular formula is C36H37Cl2N3O6. The van der Waals surface area contributed by atoms with E-state index in [1.54, 1.807) is 19.1 Å². The van der Waals surface area contributed by atoms with Gasteiger partial charge in [0.05, 0.1) is 6.04 Å². The summed E-state index contributed by atoms with van der Waals surface area (Å²) in [6, 6.07) is 16.9. The molecule has 3 aromatic rings. The lowest BCUT2D eigenvalue weighted by molar-refractivity contribution is -0.132. The van der Waals surface area contributed by atoms with Crippen molar-refractivity contribution in [3.8, 4) is 23.0 Å². The molecule has 3 heterocycles. The number of hydrogen-bond acceptors (Lipinski definition) is 7. The van der Waals surface area contributed by atoms with E-state index in [0.717, 1.165) is 40.9 Å². The van der Waals surface area contributed by atoms with E-state index in [-0.39, 0.29) is 36.7 Å². The van der Waals surface area contributed by atoms with Crippen molar-refractivity contribution in [2.24, 2.45) is 0 Å². The first-order valence-electron chi connectivity index (χ1n) is 16.0. The van der Waals surface area contributed by atoms with Crippen molar-refractivity contribution in [3.05, 3.63) is 86.9 Å². The van der Waals surface area contributed by atoms with Gasteiger partial charge in [-0.2, -0.15) is 0 Å². The van der Waals surface area contributed by atoms with Gasteiger partial charge < -0.3 is 34.1 Å². The lowest BCUT2D eigenvalue weighted by Crippen LogP contribution is -2.61. The average Bonchev–Trinajstić information content (AvgIpc) is 3.79. The Morgan fingerprint density at radius 1 is 0.979 bits per heavy atom. The summed E-state index contributed by atoms with van der Waals surface area (Å²) in [5, 5.41) is 4.86. The van der Waals surface area contributed by atoms with Crippen LogP contribution in [-0.2, 0) is 16.1 Å². The van der Waals surface area contributed by atoms with Gasteiger partial charge in [0.15, 0.2) is 11.5 Å². The van der Waals surface area contributed by atoms with Crippen LogP contribution in [0, 0.1) is 6.92 Å². The van der Waals surface area contributed by atoms with Crippen LogP contribution in [0.25, 0.3) is 5.57 Å². The number of nitrogens with zero attached hydrogens (tertiary/aromatic N) is 2. The molecule has 2 fully saturated rings. The van der Waals surface area contributed by atoms with Gasteiger partial charge in [-0.05, 0) is 84.8 Å². The molecule has 1 aliphatic carbocycles. The molecule has 2 amide bonds. The molecule has 9 nitrogen and oxygen atoms in total. The Morgan fingerprint density at radius 2 is 1.72 bits per heavy atom. The number of aryl methyl sites for hydroxylation is 1. The van der Waals surface area contributed by atoms with Crippen LogP contribution in [0.15, 0.2) is 60.2 Å². The number of piperazine rings is 1. The number of halogens is 2. The SMILES string of the molecule is CC(=O)N1C[C@H]2CC(c3ccc(OCCOc4ccc(Cl)cc4C)cc3)=C(C(=O)N(Cc3cc4c(cc3Cl)OCO4)C3CC3)[C@@H](C1)N2. The van der Waals surface area contributed by atoms with Crippen molar-refractivity contribution < 1.29 is 28.5 Å². The summed E-state index contributed by atoms with van der Waals surface area (Å²) in [7, 11) is 0. The highest BCUT2D eigenvalue weighted by atomic mass is 35.5. The smallest absolute Gasteiger partial charge is 0.252 e. The minimum atomic E-state index is -0.285. The maximum Gasteiger partial charge on any atom is 0.252 e. The van der Waals surface area contributed by atoms with E-state index in [2.05, 4.69) is 5.32 Å². The Hall–Kier alpha value is -3.92. The quantitative estimate of drug-likeness (QED) is 0.262. The van der Waals surface area contributed by atoms with E-state index in [1.165, 1.54) is 0 Å². The Kier molecular flexibility index (Phi) is 8.96. The number of benzene rings is 3. The summed E-state index contributed by atoms with van der Waals surface area (Å²) in [5.74, 6) is 2.71. The second kappa shape index (κ2) is 13.3. The minimum absolute atomic E-state index is 0.0136. The Bertz CT molecular complexity index is 1720. The highest BCUT2D eigenvalue weighted by Crippen LogP contribution is 2.41. The van der Waals surface area contributed by atoms with Crippen LogP contribution in [-0.4, -0.2) is 72.8 Å². The van der Waals surface area contributed by atoms with Gasteiger partial charge in [0.1, 0.15) is 24.7 Å². The number of carbonyl (C=O) groups excluding carboxylic acids is 2.